The summed E-state index contributed by atoms with van der Waals surface area (Å²) in [6.45, 7) is 11.4. The molecule has 0 saturated heterocycles. The van der Waals surface area contributed by atoms with E-state index in [0.717, 1.165) is 25.8 Å². The van der Waals surface area contributed by atoms with Crippen LogP contribution in [0.3, 0.4) is 0 Å². The van der Waals surface area contributed by atoms with E-state index in [4.69, 9.17) is 5.73 Å². The van der Waals surface area contributed by atoms with Crippen LogP contribution in [0.5, 0.6) is 0 Å². The molecule has 0 aromatic heterocycles. The van der Waals surface area contributed by atoms with Gasteiger partial charge in [0.25, 0.3) is 0 Å². The third-order valence-electron chi connectivity index (χ3n) is 3.96. The highest BCUT2D eigenvalue weighted by Gasteiger charge is 2.45. The third-order valence-corrected chi connectivity index (χ3v) is 3.96. The molecule has 1 rings (SSSR count). The molecule has 100 valence electrons. The van der Waals surface area contributed by atoms with Crippen LogP contribution < -0.4 is 5.73 Å². The number of amides is 1. The van der Waals surface area contributed by atoms with Gasteiger partial charge in [-0.2, -0.15) is 0 Å². The standard InChI is InChI=1S/C14H28N2O/c1-10(2)9-16(11(3)4)13(17)14(5)8-6-7-12(14)15/h10-12H,6-9,15H2,1-5H3. The lowest BCUT2D eigenvalue weighted by atomic mass is 9.83. The highest BCUT2D eigenvalue weighted by molar-refractivity contribution is 5.83. The minimum atomic E-state index is -0.334. The van der Waals surface area contributed by atoms with Crippen LogP contribution in [0.25, 0.3) is 0 Å². The number of rotatable bonds is 4. The topological polar surface area (TPSA) is 46.3 Å². The van der Waals surface area contributed by atoms with Gasteiger partial charge in [0.15, 0.2) is 0 Å². The van der Waals surface area contributed by atoms with Gasteiger partial charge >= 0.3 is 0 Å². The average Bonchev–Trinajstić information content (AvgIpc) is 2.55. The Morgan fingerprint density at radius 2 is 2.00 bits per heavy atom. The van der Waals surface area contributed by atoms with E-state index < -0.39 is 0 Å². The Morgan fingerprint density at radius 3 is 2.35 bits per heavy atom. The number of hydrogen-bond donors (Lipinski definition) is 1. The van der Waals surface area contributed by atoms with Gasteiger partial charge < -0.3 is 10.6 Å². The SMILES string of the molecule is CC(C)CN(C(=O)C1(C)CCCC1N)C(C)C. The lowest BCUT2D eigenvalue weighted by Crippen LogP contribution is -2.52. The van der Waals surface area contributed by atoms with E-state index in [2.05, 4.69) is 27.7 Å². The van der Waals surface area contributed by atoms with E-state index >= 15 is 0 Å². The van der Waals surface area contributed by atoms with E-state index in [1.165, 1.54) is 0 Å². The minimum Gasteiger partial charge on any atom is -0.339 e. The second-order valence-corrected chi connectivity index (χ2v) is 6.36. The number of nitrogens with zero attached hydrogens (tertiary/aromatic N) is 1. The van der Waals surface area contributed by atoms with Gasteiger partial charge in [0.2, 0.25) is 5.91 Å². The molecular formula is C14H28N2O. The van der Waals surface area contributed by atoms with Crippen LogP contribution in [-0.4, -0.2) is 29.4 Å². The number of nitrogens with two attached hydrogens (primary N) is 1. The van der Waals surface area contributed by atoms with Gasteiger partial charge in [0, 0.05) is 18.6 Å². The molecule has 17 heavy (non-hydrogen) atoms. The molecule has 2 N–H and O–H groups in total. The summed E-state index contributed by atoms with van der Waals surface area (Å²) in [5.41, 5.74) is 5.80. The second-order valence-electron chi connectivity index (χ2n) is 6.36. The average molecular weight is 240 g/mol. The first kappa shape index (κ1) is 14.5. The summed E-state index contributed by atoms with van der Waals surface area (Å²) in [4.78, 5) is 14.7. The van der Waals surface area contributed by atoms with Gasteiger partial charge in [-0.15, -0.1) is 0 Å². The third kappa shape index (κ3) is 3.01. The quantitative estimate of drug-likeness (QED) is 0.820. The van der Waals surface area contributed by atoms with Gasteiger partial charge in [0.1, 0.15) is 0 Å². The predicted molar refractivity (Wildman–Crippen MR) is 71.6 cm³/mol. The molecule has 1 amide bonds. The number of hydrogen-bond acceptors (Lipinski definition) is 2. The van der Waals surface area contributed by atoms with Crippen molar-refractivity contribution in [3.63, 3.8) is 0 Å². The summed E-state index contributed by atoms with van der Waals surface area (Å²) < 4.78 is 0. The predicted octanol–water partition coefficient (Wildman–Crippen LogP) is 2.40. The van der Waals surface area contributed by atoms with Crippen LogP contribution in [0.15, 0.2) is 0 Å². The summed E-state index contributed by atoms with van der Waals surface area (Å²) in [5.74, 6) is 0.758. The Balaban J connectivity index is 2.84. The van der Waals surface area contributed by atoms with Crippen molar-refractivity contribution < 1.29 is 4.79 Å². The van der Waals surface area contributed by atoms with Gasteiger partial charge in [0.05, 0.1) is 5.41 Å². The summed E-state index contributed by atoms with van der Waals surface area (Å²) in [6.07, 6.45) is 3.00. The Bertz CT molecular complexity index is 275. The second kappa shape index (κ2) is 5.38. The zero-order chi connectivity index (χ0) is 13.2. The number of carbonyl (C=O) groups excluding carboxylic acids is 1. The summed E-state index contributed by atoms with van der Waals surface area (Å²) in [7, 11) is 0. The fourth-order valence-electron chi connectivity index (χ4n) is 2.71. The fourth-order valence-corrected chi connectivity index (χ4v) is 2.71. The van der Waals surface area contributed by atoms with Crippen LogP contribution >= 0.6 is 0 Å². The summed E-state index contributed by atoms with van der Waals surface area (Å²) >= 11 is 0. The van der Waals surface area contributed by atoms with Crippen LogP contribution in [0.4, 0.5) is 0 Å². The molecule has 0 bridgehead atoms. The monoisotopic (exact) mass is 240 g/mol. The van der Waals surface area contributed by atoms with Crippen molar-refractivity contribution in [2.45, 2.75) is 66.0 Å². The highest BCUT2D eigenvalue weighted by atomic mass is 16.2. The molecule has 3 nitrogen and oxygen atoms in total. The molecule has 0 aromatic carbocycles. The first-order valence-electron chi connectivity index (χ1n) is 6.85. The number of carbonyl (C=O) groups is 1. The van der Waals surface area contributed by atoms with Crippen molar-refractivity contribution in [2.24, 2.45) is 17.1 Å². The zero-order valence-corrected chi connectivity index (χ0v) is 12.0. The molecule has 1 aliphatic rings. The van der Waals surface area contributed by atoms with Gasteiger partial charge in [-0.3, -0.25) is 4.79 Å². The summed E-state index contributed by atoms with van der Waals surface area (Å²) in [5, 5.41) is 0. The van der Waals surface area contributed by atoms with Crippen molar-refractivity contribution >= 4 is 5.91 Å². The van der Waals surface area contributed by atoms with E-state index in [0.29, 0.717) is 5.92 Å². The van der Waals surface area contributed by atoms with E-state index in [1.807, 2.05) is 11.8 Å². The molecular weight excluding hydrogens is 212 g/mol. The molecule has 2 unspecified atom stereocenters. The van der Waals surface area contributed by atoms with Crippen LogP contribution in [0.1, 0.15) is 53.9 Å². The smallest absolute Gasteiger partial charge is 0.230 e. The zero-order valence-electron chi connectivity index (χ0n) is 12.0. The molecule has 0 aromatic rings. The van der Waals surface area contributed by atoms with Crippen LogP contribution in [0.2, 0.25) is 0 Å². The first-order valence-corrected chi connectivity index (χ1v) is 6.85. The molecule has 0 radical (unpaired) electrons. The van der Waals surface area contributed by atoms with E-state index in [-0.39, 0.29) is 23.4 Å². The molecule has 3 heteroatoms. The lowest BCUT2D eigenvalue weighted by Gasteiger charge is -2.37. The lowest BCUT2D eigenvalue weighted by molar-refractivity contribution is -0.144. The molecule has 1 fully saturated rings. The normalized spacial score (nSPS) is 29.1. The fraction of sp³-hybridized carbons (Fsp3) is 0.929. The van der Waals surface area contributed by atoms with Crippen LogP contribution in [-0.2, 0) is 4.79 Å². The Kier molecular flexibility index (Phi) is 4.59. The Morgan fingerprint density at radius 1 is 1.41 bits per heavy atom. The van der Waals surface area contributed by atoms with E-state index in [9.17, 15) is 4.79 Å². The van der Waals surface area contributed by atoms with Crippen molar-refractivity contribution in [2.75, 3.05) is 6.54 Å². The van der Waals surface area contributed by atoms with E-state index in [1.54, 1.807) is 0 Å². The molecule has 0 aliphatic heterocycles. The van der Waals surface area contributed by atoms with Gasteiger partial charge in [-0.25, -0.2) is 0 Å². The van der Waals surface area contributed by atoms with Gasteiger partial charge in [-0.05, 0) is 39.5 Å². The largest absolute Gasteiger partial charge is 0.339 e. The van der Waals surface area contributed by atoms with Crippen molar-refractivity contribution in [3.05, 3.63) is 0 Å². The first-order chi connectivity index (χ1) is 7.79. The Labute approximate surface area is 106 Å². The van der Waals surface area contributed by atoms with Crippen molar-refractivity contribution in [1.82, 2.24) is 4.90 Å². The maximum atomic E-state index is 12.7. The van der Waals surface area contributed by atoms with Crippen molar-refractivity contribution in [3.8, 4) is 0 Å². The molecule has 1 aliphatic carbocycles. The van der Waals surface area contributed by atoms with Crippen LogP contribution in [0, 0.1) is 11.3 Å². The summed E-state index contributed by atoms with van der Waals surface area (Å²) in [6, 6.07) is 0.290. The molecule has 0 heterocycles. The highest BCUT2D eigenvalue weighted by Crippen LogP contribution is 2.38. The maximum Gasteiger partial charge on any atom is 0.230 e. The minimum absolute atomic E-state index is 0.0309. The molecule has 1 saturated carbocycles. The maximum absolute atomic E-state index is 12.7. The van der Waals surface area contributed by atoms with Crippen molar-refractivity contribution in [1.29, 1.82) is 0 Å². The van der Waals surface area contributed by atoms with Gasteiger partial charge in [-0.1, -0.05) is 20.3 Å². The molecule has 0 spiro atoms. The molecule has 2 atom stereocenters. The Hall–Kier alpha value is -0.570.